The highest BCUT2D eigenvalue weighted by atomic mass is 15.3. The largest absolute Gasteiger partial charge is 0.269 e. The van der Waals surface area contributed by atoms with Gasteiger partial charge in [0.15, 0.2) is 0 Å². The molecule has 0 saturated carbocycles. The van der Waals surface area contributed by atoms with Gasteiger partial charge in [-0.05, 0) is 37.8 Å². The van der Waals surface area contributed by atoms with Crippen molar-refractivity contribution >= 4 is 0 Å². The molecule has 0 aliphatic rings. The number of nitrogens with zero attached hydrogens (tertiary/aromatic N) is 4. The van der Waals surface area contributed by atoms with Gasteiger partial charge in [-0.3, -0.25) is 9.36 Å². The van der Waals surface area contributed by atoms with Crippen LogP contribution in [0.25, 0.3) is 0 Å². The van der Waals surface area contributed by atoms with Crippen LogP contribution in [0.1, 0.15) is 63.7 Å². The first kappa shape index (κ1) is 14.8. The summed E-state index contributed by atoms with van der Waals surface area (Å²) in [6, 6.07) is 4.83. The third-order valence-electron chi connectivity index (χ3n) is 3.93. The number of aromatic nitrogens is 4. The molecular weight excluding hydrogens is 248 g/mol. The molecule has 0 radical (unpaired) electrons. The van der Waals surface area contributed by atoms with Crippen molar-refractivity contribution in [2.24, 2.45) is 0 Å². The Morgan fingerprint density at radius 3 is 2.35 bits per heavy atom. The Balaban J connectivity index is 2.16. The van der Waals surface area contributed by atoms with Crippen LogP contribution in [0.2, 0.25) is 0 Å². The fourth-order valence-electron chi connectivity index (χ4n) is 2.59. The second-order valence-electron chi connectivity index (χ2n) is 5.25. The number of aryl methyl sites for hydroxylation is 2. The van der Waals surface area contributed by atoms with E-state index in [1.165, 1.54) is 11.4 Å². The minimum Gasteiger partial charge on any atom is -0.269 e. The van der Waals surface area contributed by atoms with E-state index >= 15 is 0 Å². The maximum absolute atomic E-state index is 4.71. The van der Waals surface area contributed by atoms with Crippen LogP contribution in [0.4, 0.5) is 0 Å². The summed E-state index contributed by atoms with van der Waals surface area (Å²) in [5, 5.41) is 9.37. The highest BCUT2D eigenvalue weighted by Gasteiger charge is 2.10. The SMILES string of the molecule is CCc1cc(CC)n(Cc2ccn(C(CC)CC)n2)n1. The third kappa shape index (κ3) is 3.11. The molecule has 0 bridgehead atoms. The number of hydrogen-bond donors (Lipinski definition) is 0. The van der Waals surface area contributed by atoms with Crippen molar-refractivity contribution in [2.75, 3.05) is 0 Å². The van der Waals surface area contributed by atoms with Crippen LogP contribution in [0.3, 0.4) is 0 Å². The van der Waals surface area contributed by atoms with Gasteiger partial charge in [-0.25, -0.2) is 0 Å². The first-order valence-corrected chi connectivity index (χ1v) is 7.81. The summed E-state index contributed by atoms with van der Waals surface area (Å²) < 4.78 is 4.20. The minimum absolute atomic E-state index is 0.512. The molecule has 2 aromatic rings. The molecule has 2 rings (SSSR count). The van der Waals surface area contributed by atoms with Gasteiger partial charge in [-0.15, -0.1) is 0 Å². The Bertz CT molecular complexity index is 534. The fourth-order valence-corrected chi connectivity index (χ4v) is 2.59. The van der Waals surface area contributed by atoms with Gasteiger partial charge in [0, 0.05) is 11.9 Å². The molecule has 0 spiro atoms. The molecule has 0 amide bonds. The van der Waals surface area contributed by atoms with Crippen LogP contribution in [-0.4, -0.2) is 19.6 Å². The maximum atomic E-state index is 4.71. The van der Waals surface area contributed by atoms with Crippen molar-refractivity contribution in [3.63, 3.8) is 0 Å². The first-order chi connectivity index (χ1) is 9.71. The highest BCUT2D eigenvalue weighted by Crippen LogP contribution is 2.15. The van der Waals surface area contributed by atoms with Crippen LogP contribution in [0.5, 0.6) is 0 Å². The molecule has 0 aromatic carbocycles. The summed E-state index contributed by atoms with van der Waals surface area (Å²) in [5.74, 6) is 0. The average Bonchev–Trinajstić information content (AvgIpc) is 3.07. The summed E-state index contributed by atoms with van der Waals surface area (Å²) in [6.45, 7) is 9.53. The maximum Gasteiger partial charge on any atom is 0.0853 e. The molecule has 4 nitrogen and oxygen atoms in total. The van der Waals surface area contributed by atoms with Crippen LogP contribution in [0, 0.1) is 0 Å². The van der Waals surface area contributed by atoms with E-state index < -0.39 is 0 Å². The van der Waals surface area contributed by atoms with Crippen LogP contribution >= 0.6 is 0 Å². The molecule has 0 aliphatic heterocycles. The Morgan fingerprint density at radius 2 is 1.75 bits per heavy atom. The van der Waals surface area contributed by atoms with Crippen molar-refractivity contribution < 1.29 is 0 Å². The Hall–Kier alpha value is -1.58. The molecular formula is C16H26N4. The lowest BCUT2D eigenvalue weighted by Gasteiger charge is -2.12. The van der Waals surface area contributed by atoms with Crippen LogP contribution in [0.15, 0.2) is 18.3 Å². The zero-order valence-corrected chi connectivity index (χ0v) is 13.1. The van der Waals surface area contributed by atoms with E-state index in [0.717, 1.165) is 37.9 Å². The van der Waals surface area contributed by atoms with Gasteiger partial charge in [-0.2, -0.15) is 10.2 Å². The highest BCUT2D eigenvalue weighted by molar-refractivity contribution is 5.12. The molecule has 20 heavy (non-hydrogen) atoms. The number of rotatable bonds is 7. The Morgan fingerprint density at radius 1 is 1.00 bits per heavy atom. The van der Waals surface area contributed by atoms with Crippen molar-refractivity contribution in [1.29, 1.82) is 0 Å². The van der Waals surface area contributed by atoms with Gasteiger partial charge in [0.25, 0.3) is 0 Å². The predicted molar refractivity (Wildman–Crippen MR) is 81.9 cm³/mol. The van der Waals surface area contributed by atoms with Crippen molar-refractivity contribution in [1.82, 2.24) is 19.6 Å². The summed E-state index contributed by atoms with van der Waals surface area (Å²) in [4.78, 5) is 0. The van der Waals surface area contributed by atoms with E-state index in [1.807, 2.05) is 0 Å². The summed E-state index contributed by atoms with van der Waals surface area (Å²) in [5.41, 5.74) is 3.55. The van der Waals surface area contributed by atoms with Gasteiger partial charge in [0.05, 0.1) is 24.0 Å². The topological polar surface area (TPSA) is 35.6 Å². The van der Waals surface area contributed by atoms with Crippen molar-refractivity contribution in [2.45, 2.75) is 66.0 Å². The van der Waals surface area contributed by atoms with E-state index in [2.05, 4.69) is 60.5 Å². The van der Waals surface area contributed by atoms with Crippen LogP contribution < -0.4 is 0 Å². The third-order valence-corrected chi connectivity index (χ3v) is 3.93. The molecule has 0 unspecified atom stereocenters. The number of hydrogen-bond acceptors (Lipinski definition) is 2. The quantitative estimate of drug-likeness (QED) is 0.773. The predicted octanol–water partition coefficient (Wildman–Crippen LogP) is 3.61. The lowest BCUT2D eigenvalue weighted by atomic mass is 10.2. The molecule has 0 fully saturated rings. The summed E-state index contributed by atoms with van der Waals surface area (Å²) in [7, 11) is 0. The van der Waals surface area contributed by atoms with E-state index in [0.29, 0.717) is 6.04 Å². The molecule has 0 aliphatic carbocycles. The average molecular weight is 274 g/mol. The molecule has 2 aromatic heterocycles. The second-order valence-corrected chi connectivity index (χ2v) is 5.25. The van der Waals surface area contributed by atoms with E-state index in [9.17, 15) is 0 Å². The molecule has 0 saturated heterocycles. The first-order valence-electron chi connectivity index (χ1n) is 7.81. The van der Waals surface area contributed by atoms with Crippen molar-refractivity contribution in [3.05, 3.63) is 35.4 Å². The Labute approximate surface area is 121 Å². The van der Waals surface area contributed by atoms with Crippen molar-refractivity contribution in [3.8, 4) is 0 Å². The molecule has 110 valence electrons. The normalized spacial score (nSPS) is 11.4. The standard InChI is InChI=1S/C16H26N4/c1-5-13-11-16(8-4)20(17-13)12-14-9-10-19(18-14)15(6-2)7-3/h9-11,15H,5-8,12H2,1-4H3. The smallest absolute Gasteiger partial charge is 0.0853 e. The van der Waals surface area contributed by atoms with Gasteiger partial charge in [-0.1, -0.05) is 27.7 Å². The van der Waals surface area contributed by atoms with E-state index in [1.54, 1.807) is 0 Å². The minimum atomic E-state index is 0.512. The fraction of sp³-hybridized carbons (Fsp3) is 0.625. The van der Waals surface area contributed by atoms with Crippen LogP contribution in [-0.2, 0) is 19.4 Å². The van der Waals surface area contributed by atoms with E-state index in [-0.39, 0.29) is 0 Å². The summed E-state index contributed by atoms with van der Waals surface area (Å²) >= 11 is 0. The Kier molecular flexibility index (Phi) is 4.99. The van der Waals surface area contributed by atoms with Gasteiger partial charge in [0.1, 0.15) is 0 Å². The van der Waals surface area contributed by atoms with Gasteiger partial charge < -0.3 is 0 Å². The molecule has 0 atom stereocenters. The van der Waals surface area contributed by atoms with E-state index in [4.69, 9.17) is 5.10 Å². The van der Waals surface area contributed by atoms with Gasteiger partial charge in [0.2, 0.25) is 0 Å². The molecule has 4 heteroatoms. The van der Waals surface area contributed by atoms with Gasteiger partial charge >= 0.3 is 0 Å². The molecule has 0 N–H and O–H groups in total. The molecule has 2 heterocycles. The lowest BCUT2D eigenvalue weighted by Crippen LogP contribution is -2.10. The zero-order valence-electron chi connectivity index (χ0n) is 13.1. The zero-order chi connectivity index (χ0) is 14.5. The lowest BCUT2D eigenvalue weighted by molar-refractivity contribution is 0.423. The monoisotopic (exact) mass is 274 g/mol. The second kappa shape index (κ2) is 6.73. The summed E-state index contributed by atoms with van der Waals surface area (Å²) in [6.07, 6.45) is 6.35.